The van der Waals surface area contributed by atoms with E-state index in [9.17, 15) is 5.11 Å². The lowest BCUT2D eigenvalue weighted by atomic mass is 10.2. The van der Waals surface area contributed by atoms with Crippen LogP contribution in [0.5, 0.6) is 5.75 Å². The number of halogens is 2. The van der Waals surface area contributed by atoms with Gasteiger partial charge >= 0.3 is 0 Å². The van der Waals surface area contributed by atoms with Crippen LogP contribution in [0.1, 0.15) is 4.88 Å². The highest BCUT2D eigenvalue weighted by molar-refractivity contribution is 14.1. The number of phenols is 1. The molecule has 1 nitrogen and oxygen atoms in total. The van der Waals surface area contributed by atoms with Crippen LogP contribution < -0.4 is 0 Å². The van der Waals surface area contributed by atoms with Crippen LogP contribution >= 0.6 is 45.5 Å². The molecular weight excluding hydrogens is 319 g/mol. The van der Waals surface area contributed by atoms with Crippen molar-refractivity contribution in [2.75, 3.05) is 0 Å². The Morgan fingerprint density at radius 3 is 2.92 bits per heavy atom. The lowest BCUT2D eigenvalue weighted by molar-refractivity contribution is 0.478. The number of aromatic hydroxyl groups is 1. The lowest BCUT2D eigenvalue weighted by Gasteiger charge is -1.96. The Balaban J connectivity index is 2.76. The van der Waals surface area contributed by atoms with Crippen molar-refractivity contribution in [3.8, 4) is 5.75 Å². The SMILES string of the molecule is Oc1c(I)ccc2sc(CCl)cc12. The summed E-state index contributed by atoms with van der Waals surface area (Å²) in [6, 6.07) is 5.87. The largest absolute Gasteiger partial charge is 0.506 e. The van der Waals surface area contributed by atoms with Gasteiger partial charge in [-0.3, -0.25) is 0 Å². The van der Waals surface area contributed by atoms with Crippen LogP contribution in [0.15, 0.2) is 18.2 Å². The number of hydrogen-bond acceptors (Lipinski definition) is 2. The van der Waals surface area contributed by atoms with Gasteiger partial charge in [-0.2, -0.15) is 0 Å². The van der Waals surface area contributed by atoms with Crippen molar-refractivity contribution in [3.63, 3.8) is 0 Å². The molecule has 2 rings (SSSR count). The van der Waals surface area contributed by atoms with Crippen molar-refractivity contribution in [1.82, 2.24) is 0 Å². The van der Waals surface area contributed by atoms with Gasteiger partial charge in [0.1, 0.15) is 5.75 Å². The van der Waals surface area contributed by atoms with Gasteiger partial charge in [0.2, 0.25) is 0 Å². The van der Waals surface area contributed by atoms with Crippen molar-refractivity contribution in [2.24, 2.45) is 0 Å². The molecule has 0 spiro atoms. The minimum absolute atomic E-state index is 0.366. The molecule has 2 aromatic rings. The summed E-state index contributed by atoms with van der Waals surface area (Å²) < 4.78 is 1.97. The molecule has 0 saturated heterocycles. The first-order chi connectivity index (χ1) is 6.22. The second-order valence-electron chi connectivity index (χ2n) is 2.65. The topological polar surface area (TPSA) is 20.2 Å². The second kappa shape index (κ2) is 3.63. The lowest BCUT2D eigenvalue weighted by Crippen LogP contribution is -1.72. The number of benzene rings is 1. The highest BCUT2D eigenvalue weighted by atomic mass is 127. The molecule has 0 radical (unpaired) electrons. The Labute approximate surface area is 98.5 Å². The minimum atomic E-state index is 0.366. The van der Waals surface area contributed by atoms with Crippen molar-refractivity contribution in [3.05, 3.63) is 26.6 Å². The van der Waals surface area contributed by atoms with E-state index in [1.807, 2.05) is 18.2 Å². The van der Waals surface area contributed by atoms with Crippen LogP contribution in [0.2, 0.25) is 0 Å². The van der Waals surface area contributed by atoms with Crippen LogP contribution in [-0.2, 0) is 5.88 Å². The number of phenolic OH excluding ortho intramolecular Hbond substituents is 1. The molecule has 0 aliphatic heterocycles. The van der Waals surface area contributed by atoms with Crippen molar-refractivity contribution >= 4 is 55.6 Å². The van der Waals surface area contributed by atoms with Gasteiger partial charge in [-0.15, -0.1) is 22.9 Å². The van der Waals surface area contributed by atoms with Crippen LogP contribution in [0.4, 0.5) is 0 Å². The Kier molecular flexibility index (Phi) is 2.67. The van der Waals surface area contributed by atoms with E-state index in [-0.39, 0.29) is 0 Å². The first kappa shape index (κ1) is 9.55. The fraction of sp³-hybridized carbons (Fsp3) is 0.111. The maximum atomic E-state index is 9.72. The molecule has 13 heavy (non-hydrogen) atoms. The number of thiophene rings is 1. The van der Waals surface area contributed by atoms with E-state index < -0.39 is 0 Å². The molecule has 1 N–H and O–H groups in total. The Bertz CT molecular complexity index is 452. The maximum Gasteiger partial charge on any atom is 0.137 e. The van der Waals surface area contributed by atoms with E-state index >= 15 is 0 Å². The number of rotatable bonds is 1. The van der Waals surface area contributed by atoms with Gasteiger partial charge in [0.15, 0.2) is 0 Å². The molecular formula is C9H6ClIOS. The predicted octanol–water partition coefficient (Wildman–Crippen LogP) is 3.95. The van der Waals surface area contributed by atoms with Gasteiger partial charge in [0.25, 0.3) is 0 Å². The van der Waals surface area contributed by atoms with Crippen LogP contribution in [0.3, 0.4) is 0 Å². The predicted molar refractivity (Wildman–Crippen MR) is 65.8 cm³/mol. The summed E-state index contributed by atoms with van der Waals surface area (Å²) in [4.78, 5) is 1.09. The first-order valence-corrected chi connectivity index (χ1v) is 6.11. The molecule has 0 aliphatic carbocycles. The zero-order chi connectivity index (χ0) is 9.42. The van der Waals surface area contributed by atoms with Gasteiger partial charge in [0, 0.05) is 15.0 Å². The minimum Gasteiger partial charge on any atom is -0.506 e. The normalized spacial score (nSPS) is 10.9. The van der Waals surface area contributed by atoms with Crippen molar-refractivity contribution < 1.29 is 5.11 Å². The summed E-state index contributed by atoms with van der Waals surface area (Å²) in [5.41, 5.74) is 0. The van der Waals surface area contributed by atoms with Gasteiger partial charge in [-0.1, -0.05) is 0 Å². The summed E-state index contributed by atoms with van der Waals surface area (Å²) in [7, 11) is 0. The van der Waals surface area contributed by atoms with Gasteiger partial charge in [0.05, 0.1) is 9.45 Å². The molecule has 0 saturated carbocycles. The summed E-state index contributed by atoms with van der Waals surface area (Å²) in [5, 5.41) is 10.6. The molecule has 1 aromatic heterocycles. The quantitative estimate of drug-likeness (QED) is 0.622. The Morgan fingerprint density at radius 2 is 2.23 bits per heavy atom. The fourth-order valence-corrected chi connectivity index (χ4v) is 2.82. The fourth-order valence-electron chi connectivity index (χ4n) is 1.19. The van der Waals surface area contributed by atoms with E-state index in [1.165, 1.54) is 0 Å². The molecule has 0 fully saturated rings. The third-order valence-corrected chi connectivity index (χ3v) is 4.22. The summed E-state index contributed by atoms with van der Waals surface area (Å²) in [6.45, 7) is 0. The molecule has 1 aromatic carbocycles. The molecule has 1 heterocycles. The summed E-state index contributed by atoms with van der Waals surface area (Å²) in [5.74, 6) is 0.876. The van der Waals surface area contributed by atoms with Gasteiger partial charge < -0.3 is 5.11 Å². The molecule has 0 aliphatic rings. The highest BCUT2D eigenvalue weighted by Crippen LogP contribution is 2.35. The van der Waals surface area contributed by atoms with E-state index in [0.717, 1.165) is 18.5 Å². The number of alkyl halides is 1. The molecule has 0 bridgehead atoms. The van der Waals surface area contributed by atoms with Crippen molar-refractivity contribution in [2.45, 2.75) is 5.88 Å². The van der Waals surface area contributed by atoms with Gasteiger partial charge in [-0.25, -0.2) is 0 Å². The van der Waals surface area contributed by atoms with Crippen LogP contribution in [0, 0.1) is 3.57 Å². The van der Waals surface area contributed by atoms with Crippen LogP contribution in [0.25, 0.3) is 10.1 Å². The zero-order valence-electron chi connectivity index (χ0n) is 6.55. The van der Waals surface area contributed by atoms with E-state index in [2.05, 4.69) is 22.6 Å². The third kappa shape index (κ3) is 1.65. The second-order valence-corrected chi connectivity index (χ2v) is 5.25. The average molecular weight is 325 g/mol. The average Bonchev–Trinajstić information content (AvgIpc) is 2.55. The summed E-state index contributed by atoms with van der Waals surface area (Å²) >= 11 is 9.46. The van der Waals surface area contributed by atoms with Crippen molar-refractivity contribution in [1.29, 1.82) is 0 Å². The maximum absolute atomic E-state index is 9.72. The number of hydrogen-bond donors (Lipinski definition) is 1. The molecule has 0 atom stereocenters. The molecule has 68 valence electrons. The monoisotopic (exact) mass is 324 g/mol. The smallest absolute Gasteiger partial charge is 0.137 e. The zero-order valence-corrected chi connectivity index (χ0v) is 10.3. The Hall–Kier alpha value is -0.000000000000000111. The van der Waals surface area contributed by atoms with E-state index in [1.54, 1.807) is 11.3 Å². The summed E-state index contributed by atoms with van der Waals surface area (Å²) in [6.07, 6.45) is 0. The molecule has 0 unspecified atom stereocenters. The standard InChI is InChI=1S/C9H6ClIOS/c10-4-5-3-6-8(13-5)2-1-7(11)9(6)12/h1-3,12H,4H2. The molecule has 4 heteroatoms. The first-order valence-electron chi connectivity index (χ1n) is 3.68. The van der Waals surface area contributed by atoms with E-state index in [4.69, 9.17) is 11.6 Å². The third-order valence-electron chi connectivity index (χ3n) is 1.81. The molecule has 0 amide bonds. The highest BCUT2D eigenvalue weighted by Gasteiger charge is 2.07. The van der Waals surface area contributed by atoms with E-state index in [0.29, 0.717) is 11.6 Å². The van der Waals surface area contributed by atoms with Crippen LogP contribution in [-0.4, -0.2) is 5.11 Å². The van der Waals surface area contributed by atoms with Gasteiger partial charge in [-0.05, 0) is 40.8 Å². The number of fused-ring (bicyclic) bond motifs is 1. The Morgan fingerprint density at radius 1 is 1.46 bits per heavy atom.